The van der Waals surface area contributed by atoms with Gasteiger partial charge < -0.3 is 0 Å². The van der Waals surface area contributed by atoms with Crippen molar-refractivity contribution in [3.05, 3.63) is 16.6 Å². The summed E-state index contributed by atoms with van der Waals surface area (Å²) in [5, 5.41) is 1.98. The molecule has 74 valence electrons. The molecule has 0 spiro atoms. The second kappa shape index (κ2) is 5.10. The standard InChI is InChI=1S/C10H11IN2S/c11-10-4-2-6-13(10)5-1-3-9-7-14-8-12-9/h7-8,10H,2,4-6H2. The molecule has 1 atom stereocenters. The number of nitrogens with zero attached hydrogens (tertiary/aromatic N) is 2. The molecule has 1 aromatic rings. The maximum absolute atomic E-state index is 4.12. The monoisotopic (exact) mass is 318 g/mol. The summed E-state index contributed by atoms with van der Waals surface area (Å²) in [7, 11) is 0. The largest absolute Gasteiger partial charge is 0.280 e. The maximum Gasteiger partial charge on any atom is 0.124 e. The lowest BCUT2D eigenvalue weighted by molar-refractivity contribution is 0.370. The number of likely N-dealkylation sites (tertiary alicyclic amines) is 1. The molecular formula is C10H11IN2S. The molecule has 2 heterocycles. The van der Waals surface area contributed by atoms with E-state index in [1.807, 2.05) is 10.9 Å². The Morgan fingerprint density at radius 1 is 1.71 bits per heavy atom. The van der Waals surface area contributed by atoms with E-state index >= 15 is 0 Å². The van der Waals surface area contributed by atoms with Gasteiger partial charge in [0.05, 0.1) is 16.1 Å². The molecule has 2 rings (SSSR count). The zero-order valence-corrected chi connectivity index (χ0v) is 10.7. The molecular weight excluding hydrogens is 307 g/mol. The number of halogens is 1. The average Bonchev–Trinajstić information content (AvgIpc) is 2.78. The van der Waals surface area contributed by atoms with E-state index in [0.29, 0.717) is 4.05 Å². The van der Waals surface area contributed by atoms with Gasteiger partial charge in [-0.25, -0.2) is 4.98 Å². The molecule has 0 bridgehead atoms. The quantitative estimate of drug-likeness (QED) is 0.342. The Morgan fingerprint density at radius 2 is 2.64 bits per heavy atom. The van der Waals surface area contributed by atoms with Gasteiger partial charge in [-0.3, -0.25) is 4.90 Å². The molecule has 0 aliphatic carbocycles. The molecule has 0 saturated carbocycles. The Balaban J connectivity index is 1.87. The molecule has 1 unspecified atom stereocenters. The summed E-state index contributed by atoms with van der Waals surface area (Å²) in [6, 6.07) is 0. The van der Waals surface area contributed by atoms with Crippen LogP contribution in [0.25, 0.3) is 0 Å². The summed E-state index contributed by atoms with van der Waals surface area (Å²) >= 11 is 4.09. The number of aromatic nitrogens is 1. The third-order valence-electron chi connectivity index (χ3n) is 2.21. The van der Waals surface area contributed by atoms with Crippen LogP contribution in [-0.2, 0) is 0 Å². The molecule has 1 aromatic heterocycles. The minimum Gasteiger partial charge on any atom is -0.280 e. The van der Waals surface area contributed by atoms with Gasteiger partial charge in [-0.1, -0.05) is 28.5 Å². The minimum atomic E-state index is 0.678. The number of hydrogen-bond acceptors (Lipinski definition) is 3. The van der Waals surface area contributed by atoms with Gasteiger partial charge in [0.2, 0.25) is 0 Å². The fourth-order valence-corrected chi connectivity index (χ4v) is 2.87. The highest BCUT2D eigenvalue weighted by atomic mass is 127. The molecule has 4 heteroatoms. The highest BCUT2D eigenvalue weighted by Crippen LogP contribution is 2.21. The SMILES string of the molecule is IC1CCCN1CC#Cc1cscn1. The Hall–Kier alpha value is -0.120. The van der Waals surface area contributed by atoms with Crippen molar-refractivity contribution >= 4 is 33.9 Å². The van der Waals surface area contributed by atoms with Crippen molar-refractivity contribution in [2.75, 3.05) is 13.1 Å². The predicted molar refractivity (Wildman–Crippen MR) is 67.6 cm³/mol. The van der Waals surface area contributed by atoms with E-state index in [4.69, 9.17) is 0 Å². The maximum atomic E-state index is 4.12. The lowest BCUT2D eigenvalue weighted by atomic mass is 10.4. The number of alkyl halides is 1. The highest BCUT2D eigenvalue weighted by Gasteiger charge is 2.19. The topological polar surface area (TPSA) is 16.1 Å². The summed E-state index contributed by atoms with van der Waals surface area (Å²) in [5.41, 5.74) is 2.72. The average molecular weight is 318 g/mol. The summed E-state index contributed by atoms with van der Waals surface area (Å²) in [4.78, 5) is 6.54. The van der Waals surface area contributed by atoms with E-state index in [9.17, 15) is 0 Å². The van der Waals surface area contributed by atoms with E-state index in [0.717, 1.165) is 12.2 Å². The van der Waals surface area contributed by atoms with Crippen LogP contribution in [0.1, 0.15) is 18.5 Å². The van der Waals surface area contributed by atoms with Crippen LogP contribution < -0.4 is 0 Å². The predicted octanol–water partition coefficient (Wildman–Crippen LogP) is 2.35. The van der Waals surface area contributed by atoms with Gasteiger partial charge >= 0.3 is 0 Å². The fourth-order valence-electron chi connectivity index (χ4n) is 1.47. The van der Waals surface area contributed by atoms with Gasteiger partial charge in [-0.15, -0.1) is 11.3 Å². The first-order valence-electron chi connectivity index (χ1n) is 4.61. The van der Waals surface area contributed by atoms with Crippen molar-refractivity contribution < 1.29 is 0 Å². The molecule has 1 aliphatic rings. The smallest absolute Gasteiger partial charge is 0.124 e. The third kappa shape index (κ3) is 2.69. The van der Waals surface area contributed by atoms with Gasteiger partial charge in [-0.05, 0) is 18.8 Å². The Morgan fingerprint density at radius 3 is 3.29 bits per heavy atom. The van der Waals surface area contributed by atoms with E-state index in [2.05, 4.69) is 44.3 Å². The lowest BCUT2D eigenvalue weighted by Gasteiger charge is -2.15. The molecule has 1 aliphatic heterocycles. The van der Waals surface area contributed by atoms with E-state index < -0.39 is 0 Å². The molecule has 14 heavy (non-hydrogen) atoms. The van der Waals surface area contributed by atoms with Crippen molar-refractivity contribution in [3.63, 3.8) is 0 Å². The second-order valence-corrected chi connectivity index (χ2v) is 5.38. The molecule has 2 nitrogen and oxygen atoms in total. The summed E-state index contributed by atoms with van der Waals surface area (Å²) < 4.78 is 0.678. The van der Waals surface area contributed by atoms with E-state index in [-0.39, 0.29) is 0 Å². The van der Waals surface area contributed by atoms with Crippen molar-refractivity contribution in [1.82, 2.24) is 9.88 Å². The van der Waals surface area contributed by atoms with Gasteiger partial charge in [0.1, 0.15) is 5.69 Å². The Labute approximate surface area is 102 Å². The Kier molecular flexibility index (Phi) is 3.79. The first kappa shape index (κ1) is 10.4. The summed E-state index contributed by atoms with van der Waals surface area (Å²) in [5.74, 6) is 6.25. The zero-order valence-electron chi connectivity index (χ0n) is 7.74. The zero-order chi connectivity index (χ0) is 9.80. The van der Waals surface area contributed by atoms with Crippen LogP contribution in [-0.4, -0.2) is 27.0 Å². The van der Waals surface area contributed by atoms with Crippen LogP contribution in [0.2, 0.25) is 0 Å². The molecule has 1 saturated heterocycles. The number of thiazole rings is 1. The fraction of sp³-hybridized carbons (Fsp3) is 0.500. The van der Waals surface area contributed by atoms with Crippen molar-refractivity contribution in [1.29, 1.82) is 0 Å². The second-order valence-electron chi connectivity index (χ2n) is 3.22. The lowest BCUT2D eigenvalue weighted by Crippen LogP contribution is -2.24. The van der Waals surface area contributed by atoms with E-state index in [1.165, 1.54) is 19.4 Å². The van der Waals surface area contributed by atoms with Crippen LogP contribution in [0.15, 0.2) is 10.9 Å². The molecule has 0 N–H and O–H groups in total. The van der Waals surface area contributed by atoms with Gasteiger partial charge in [0.15, 0.2) is 0 Å². The van der Waals surface area contributed by atoms with Gasteiger partial charge in [-0.2, -0.15) is 0 Å². The van der Waals surface area contributed by atoms with Crippen LogP contribution in [0.3, 0.4) is 0 Å². The minimum absolute atomic E-state index is 0.678. The van der Waals surface area contributed by atoms with Gasteiger partial charge in [0.25, 0.3) is 0 Å². The van der Waals surface area contributed by atoms with Crippen LogP contribution >= 0.6 is 33.9 Å². The summed E-state index contributed by atoms with van der Waals surface area (Å²) in [6.07, 6.45) is 2.62. The van der Waals surface area contributed by atoms with Crippen LogP contribution in [0.5, 0.6) is 0 Å². The number of hydrogen-bond donors (Lipinski definition) is 0. The molecule has 1 fully saturated rings. The van der Waals surface area contributed by atoms with Crippen LogP contribution in [0.4, 0.5) is 0 Å². The van der Waals surface area contributed by atoms with Crippen LogP contribution in [0, 0.1) is 11.8 Å². The summed E-state index contributed by atoms with van der Waals surface area (Å²) in [6.45, 7) is 2.07. The van der Waals surface area contributed by atoms with Crippen molar-refractivity contribution in [3.8, 4) is 11.8 Å². The first-order valence-corrected chi connectivity index (χ1v) is 6.80. The molecule has 0 radical (unpaired) electrons. The molecule has 0 aromatic carbocycles. The Bertz CT molecular complexity index is 339. The normalized spacial score (nSPS) is 21.9. The highest BCUT2D eigenvalue weighted by molar-refractivity contribution is 14.1. The van der Waals surface area contributed by atoms with E-state index in [1.54, 1.807) is 11.3 Å². The van der Waals surface area contributed by atoms with Crippen molar-refractivity contribution in [2.45, 2.75) is 16.9 Å². The van der Waals surface area contributed by atoms with Crippen molar-refractivity contribution in [2.24, 2.45) is 0 Å². The number of rotatable bonds is 1. The van der Waals surface area contributed by atoms with Gasteiger partial charge in [0, 0.05) is 11.9 Å². The third-order valence-corrected chi connectivity index (χ3v) is 4.21. The first-order chi connectivity index (χ1) is 6.86. The molecule has 0 amide bonds.